The van der Waals surface area contributed by atoms with Gasteiger partial charge in [0.05, 0.1) is 5.02 Å². The summed E-state index contributed by atoms with van der Waals surface area (Å²) < 4.78 is 0.642. The molecule has 0 amide bonds. The first-order chi connectivity index (χ1) is 6.02. The van der Waals surface area contributed by atoms with Gasteiger partial charge in [-0.15, -0.1) is 0 Å². The van der Waals surface area contributed by atoms with Gasteiger partial charge in [0, 0.05) is 4.47 Å². The zero-order chi connectivity index (χ0) is 10.0. The molecule has 0 bridgehead atoms. The Balaban J connectivity index is 3.03. The summed E-state index contributed by atoms with van der Waals surface area (Å²) in [5, 5.41) is 9.15. The average Bonchev–Trinajstić information content (AvgIpc) is 2.08. The normalized spacial score (nSPS) is 12.5. The molecule has 3 nitrogen and oxygen atoms in total. The Bertz CT molecular complexity index is 343. The van der Waals surface area contributed by atoms with Gasteiger partial charge in [0.25, 0.3) is 0 Å². The molecule has 0 saturated heterocycles. The van der Waals surface area contributed by atoms with E-state index in [0.29, 0.717) is 15.1 Å². The zero-order valence-electron chi connectivity index (χ0n) is 6.50. The average molecular weight is 265 g/mol. The van der Waals surface area contributed by atoms with Gasteiger partial charge in [-0.3, -0.25) is 4.79 Å². The van der Waals surface area contributed by atoms with E-state index >= 15 is 0 Å². The van der Waals surface area contributed by atoms with Crippen LogP contribution in [-0.2, 0) is 4.79 Å². The number of benzene rings is 1. The minimum atomic E-state index is -1.06. The van der Waals surface area contributed by atoms with Crippen molar-refractivity contribution in [1.82, 2.24) is 0 Å². The van der Waals surface area contributed by atoms with Crippen molar-refractivity contribution in [3.63, 3.8) is 0 Å². The van der Waals surface area contributed by atoms with E-state index < -0.39 is 12.0 Å². The minimum absolute atomic E-state index is 0.517. The fourth-order valence-electron chi connectivity index (χ4n) is 0.848. The maximum atomic E-state index is 10.5. The number of rotatable bonds is 2. The lowest BCUT2D eigenvalue weighted by Crippen LogP contribution is -2.20. The van der Waals surface area contributed by atoms with Crippen LogP contribution in [0.15, 0.2) is 22.7 Å². The number of aliphatic carboxylic acids is 1. The smallest absolute Gasteiger partial charge is 0.325 e. The van der Waals surface area contributed by atoms with Crippen LogP contribution in [0.25, 0.3) is 0 Å². The lowest BCUT2D eigenvalue weighted by atomic mass is 10.1. The second-order valence-electron chi connectivity index (χ2n) is 2.49. The van der Waals surface area contributed by atoms with E-state index in [1.165, 1.54) is 0 Å². The summed E-state index contributed by atoms with van der Waals surface area (Å²) in [5.41, 5.74) is 5.91. The highest BCUT2D eigenvalue weighted by atomic mass is 79.9. The third-order valence-electron chi connectivity index (χ3n) is 1.57. The Hall–Kier alpha value is -0.580. The maximum Gasteiger partial charge on any atom is 0.325 e. The van der Waals surface area contributed by atoms with Crippen LogP contribution in [0.1, 0.15) is 11.6 Å². The number of nitrogens with two attached hydrogens (primary N) is 1. The summed E-state index contributed by atoms with van der Waals surface area (Å²) in [6.45, 7) is 0. The Kier molecular flexibility index (Phi) is 3.30. The second-order valence-corrected chi connectivity index (χ2v) is 3.75. The van der Waals surface area contributed by atoms with Crippen LogP contribution in [0.3, 0.4) is 0 Å². The molecule has 0 heterocycles. The molecule has 0 aliphatic rings. The van der Waals surface area contributed by atoms with E-state index in [0.717, 1.165) is 0 Å². The van der Waals surface area contributed by atoms with Gasteiger partial charge in [0.1, 0.15) is 6.04 Å². The van der Waals surface area contributed by atoms with Crippen molar-refractivity contribution in [2.45, 2.75) is 6.04 Å². The summed E-state index contributed by atoms with van der Waals surface area (Å²) >= 11 is 8.91. The van der Waals surface area contributed by atoms with Gasteiger partial charge in [-0.05, 0) is 33.6 Å². The number of halogens is 2. The molecule has 0 radical (unpaired) electrons. The van der Waals surface area contributed by atoms with Crippen molar-refractivity contribution < 1.29 is 9.90 Å². The predicted octanol–water partition coefficient (Wildman–Crippen LogP) is 2.19. The highest BCUT2D eigenvalue weighted by Gasteiger charge is 2.14. The van der Waals surface area contributed by atoms with Gasteiger partial charge >= 0.3 is 5.97 Å². The summed E-state index contributed by atoms with van der Waals surface area (Å²) in [6.07, 6.45) is 0. The predicted molar refractivity (Wildman–Crippen MR) is 53.7 cm³/mol. The molecular weight excluding hydrogens is 257 g/mol. The van der Waals surface area contributed by atoms with Crippen LogP contribution in [0.2, 0.25) is 5.02 Å². The molecule has 70 valence electrons. The van der Waals surface area contributed by atoms with E-state index in [4.69, 9.17) is 22.4 Å². The molecule has 1 aromatic carbocycles. The van der Waals surface area contributed by atoms with Gasteiger partial charge in [0.15, 0.2) is 0 Å². The molecule has 1 rings (SSSR count). The third kappa shape index (κ3) is 2.43. The van der Waals surface area contributed by atoms with Gasteiger partial charge < -0.3 is 10.8 Å². The third-order valence-corrected chi connectivity index (χ3v) is 2.78. The Labute approximate surface area is 88.6 Å². The molecule has 0 aliphatic carbocycles. The van der Waals surface area contributed by atoms with Crippen LogP contribution in [0.4, 0.5) is 0 Å². The highest BCUT2D eigenvalue weighted by molar-refractivity contribution is 9.10. The van der Waals surface area contributed by atoms with Crippen LogP contribution < -0.4 is 5.73 Å². The van der Waals surface area contributed by atoms with E-state index in [1.54, 1.807) is 18.2 Å². The molecule has 0 fully saturated rings. The number of hydrogen-bond donors (Lipinski definition) is 2. The maximum absolute atomic E-state index is 10.5. The van der Waals surface area contributed by atoms with E-state index in [2.05, 4.69) is 15.9 Å². The zero-order valence-corrected chi connectivity index (χ0v) is 8.84. The molecule has 1 unspecified atom stereocenters. The second kappa shape index (κ2) is 4.09. The van der Waals surface area contributed by atoms with Crippen molar-refractivity contribution in [1.29, 1.82) is 0 Å². The fourth-order valence-corrected chi connectivity index (χ4v) is 1.36. The first kappa shape index (κ1) is 10.5. The molecule has 5 heteroatoms. The summed E-state index contributed by atoms with van der Waals surface area (Å²) in [6, 6.07) is 3.78. The Morgan fingerprint density at radius 3 is 2.69 bits per heavy atom. The molecule has 0 aromatic heterocycles. The van der Waals surface area contributed by atoms with Crippen LogP contribution in [0, 0.1) is 0 Å². The molecule has 1 aromatic rings. The topological polar surface area (TPSA) is 63.3 Å². The molecule has 3 N–H and O–H groups in total. The minimum Gasteiger partial charge on any atom is -0.480 e. The Morgan fingerprint density at radius 2 is 2.23 bits per heavy atom. The van der Waals surface area contributed by atoms with Crippen molar-refractivity contribution in [2.24, 2.45) is 5.73 Å². The number of carboxylic acids is 1. The van der Waals surface area contributed by atoms with Crippen molar-refractivity contribution >= 4 is 33.5 Å². The largest absolute Gasteiger partial charge is 0.480 e. The standard InChI is InChI=1S/C8H7BrClNO2/c9-5-3-4(1-2-6(5)10)7(11)8(12)13/h1-3,7H,11H2,(H,12,13). The van der Waals surface area contributed by atoms with Crippen LogP contribution >= 0.6 is 27.5 Å². The highest BCUT2D eigenvalue weighted by Crippen LogP contribution is 2.25. The number of hydrogen-bond acceptors (Lipinski definition) is 2. The summed E-state index contributed by atoms with van der Waals surface area (Å²) in [7, 11) is 0. The summed E-state index contributed by atoms with van der Waals surface area (Å²) in [4.78, 5) is 10.5. The molecule has 13 heavy (non-hydrogen) atoms. The molecular formula is C8H7BrClNO2. The fraction of sp³-hybridized carbons (Fsp3) is 0.125. The first-order valence-corrected chi connectivity index (χ1v) is 4.63. The number of carboxylic acid groups (broad SMARTS) is 1. The van der Waals surface area contributed by atoms with E-state index in [9.17, 15) is 4.79 Å². The van der Waals surface area contributed by atoms with E-state index in [1.807, 2.05) is 0 Å². The lowest BCUT2D eigenvalue weighted by molar-refractivity contribution is -0.138. The number of carbonyl (C=O) groups is 1. The van der Waals surface area contributed by atoms with Crippen LogP contribution in [0.5, 0.6) is 0 Å². The SMILES string of the molecule is NC(C(=O)O)c1ccc(Cl)c(Br)c1. The first-order valence-electron chi connectivity index (χ1n) is 3.45. The van der Waals surface area contributed by atoms with Gasteiger partial charge in [-0.2, -0.15) is 0 Å². The quantitative estimate of drug-likeness (QED) is 0.860. The lowest BCUT2D eigenvalue weighted by Gasteiger charge is -2.07. The van der Waals surface area contributed by atoms with Crippen molar-refractivity contribution in [3.8, 4) is 0 Å². The van der Waals surface area contributed by atoms with Crippen LogP contribution in [-0.4, -0.2) is 11.1 Å². The molecule has 0 aliphatic heterocycles. The molecule has 0 saturated carbocycles. The van der Waals surface area contributed by atoms with Gasteiger partial charge in [-0.1, -0.05) is 17.7 Å². The van der Waals surface area contributed by atoms with Gasteiger partial charge in [0.2, 0.25) is 0 Å². The van der Waals surface area contributed by atoms with Crippen molar-refractivity contribution in [3.05, 3.63) is 33.3 Å². The van der Waals surface area contributed by atoms with E-state index in [-0.39, 0.29) is 0 Å². The van der Waals surface area contributed by atoms with Gasteiger partial charge in [-0.25, -0.2) is 0 Å². The monoisotopic (exact) mass is 263 g/mol. The Morgan fingerprint density at radius 1 is 1.62 bits per heavy atom. The molecule has 1 atom stereocenters. The molecule has 0 spiro atoms. The summed E-state index contributed by atoms with van der Waals surface area (Å²) in [5.74, 6) is -1.06. The van der Waals surface area contributed by atoms with Crippen molar-refractivity contribution in [2.75, 3.05) is 0 Å².